The van der Waals surface area contributed by atoms with Crippen molar-refractivity contribution in [1.29, 1.82) is 0 Å². The molecule has 8 heteroatoms. The van der Waals surface area contributed by atoms with Gasteiger partial charge in [0.15, 0.2) is 0 Å². The van der Waals surface area contributed by atoms with Gasteiger partial charge in [-0.3, -0.25) is 9.59 Å². The minimum Gasteiger partial charge on any atom is -0.465 e. The maximum Gasteiger partial charge on any atom is 0.341 e. The number of nitrogens with two attached hydrogens (primary N) is 1. The number of hydrogen-bond donors (Lipinski definition) is 2. The maximum absolute atomic E-state index is 11.9. The molecule has 0 radical (unpaired) electrons. The van der Waals surface area contributed by atoms with Crippen LogP contribution in [0.2, 0.25) is 0 Å². The van der Waals surface area contributed by atoms with Gasteiger partial charge in [0.2, 0.25) is 5.91 Å². The summed E-state index contributed by atoms with van der Waals surface area (Å²) in [4.78, 5) is 35.4. The number of primary amides is 1. The van der Waals surface area contributed by atoms with Crippen molar-refractivity contribution in [2.75, 3.05) is 7.11 Å². The molecule has 0 aromatic carbocycles. The van der Waals surface area contributed by atoms with Crippen LogP contribution in [0.25, 0.3) is 11.3 Å². The molecule has 1 atom stereocenters. The number of nitrogens with one attached hydrogen (secondary N) is 1. The molecule has 3 N–H and O–H groups in total. The standard InChI is InChI=1S/C14H18N4O4/c1-7(2)4-10(12(15)19)18-5-8-11(16-17-13(8)20)9(6-18)14(21)22-3/h5-7,10H,4H2,1-3H3,(H2,15,19)(H,17,20)/t10-/m1/s1. The van der Waals surface area contributed by atoms with Gasteiger partial charge in [0.1, 0.15) is 17.3 Å². The van der Waals surface area contributed by atoms with E-state index in [1.54, 1.807) is 0 Å². The molecule has 118 valence electrons. The Morgan fingerprint density at radius 2 is 2.09 bits per heavy atom. The predicted octanol–water partition coefficient (Wildman–Crippen LogP) is 0.535. The van der Waals surface area contributed by atoms with Crippen LogP contribution in [0.1, 0.15) is 36.7 Å². The molecule has 0 saturated heterocycles. The van der Waals surface area contributed by atoms with Crippen molar-refractivity contribution in [2.45, 2.75) is 26.3 Å². The van der Waals surface area contributed by atoms with Crippen molar-refractivity contribution in [3.8, 4) is 11.3 Å². The Hall–Kier alpha value is -2.64. The largest absolute Gasteiger partial charge is 0.465 e. The fourth-order valence-corrected chi connectivity index (χ4v) is 2.33. The minimum atomic E-state index is -0.665. The zero-order valence-corrected chi connectivity index (χ0v) is 12.6. The van der Waals surface area contributed by atoms with E-state index in [4.69, 9.17) is 10.5 Å². The molecule has 8 nitrogen and oxygen atoms in total. The number of carbonyl (C=O) groups is 2. The minimum absolute atomic E-state index is 0.105. The van der Waals surface area contributed by atoms with Crippen molar-refractivity contribution in [3.05, 3.63) is 28.3 Å². The lowest BCUT2D eigenvalue weighted by atomic mass is 10.0. The molecule has 22 heavy (non-hydrogen) atoms. The van der Waals surface area contributed by atoms with Gasteiger partial charge in [-0.2, -0.15) is 5.10 Å². The lowest BCUT2D eigenvalue weighted by molar-refractivity contribution is -0.121. The Morgan fingerprint density at radius 3 is 2.64 bits per heavy atom. The van der Waals surface area contributed by atoms with Crippen LogP contribution < -0.4 is 11.3 Å². The van der Waals surface area contributed by atoms with Crippen molar-refractivity contribution in [1.82, 2.24) is 14.8 Å². The number of aromatic amines is 1. The second kappa shape index (κ2) is 6.00. The van der Waals surface area contributed by atoms with Gasteiger partial charge in [-0.1, -0.05) is 13.8 Å². The summed E-state index contributed by atoms with van der Waals surface area (Å²) in [5, 5.41) is 6.11. The van der Waals surface area contributed by atoms with Crippen LogP contribution in [0.15, 0.2) is 17.2 Å². The van der Waals surface area contributed by atoms with Crippen molar-refractivity contribution in [2.24, 2.45) is 11.7 Å². The Morgan fingerprint density at radius 1 is 1.41 bits per heavy atom. The molecule has 2 heterocycles. The number of nitrogens with zero attached hydrogens (tertiary/aromatic N) is 2. The normalized spacial score (nSPS) is 12.5. The number of methoxy groups -OCH3 is 1. The number of rotatable bonds is 5. The Labute approximate surface area is 126 Å². The average molecular weight is 306 g/mol. The third kappa shape index (κ3) is 2.85. The molecular weight excluding hydrogens is 288 g/mol. The van der Waals surface area contributed by atoms with E-state index in [-0.39, 0.29) is 22.7 Å². The number of pyridine rings is 1. The topological polar surface area (TPSA) is 120 Å². The van der Waals surface area contributed by atoms with Crippen molar-refractivity contribution >= 4 is 11.9 Å². The summed E-state index contributed by atoms with van der Waals surface area (Å²) in [6.45, 7) is 3.90. The number of amides is 1. The third-order valence-electron chi connectivity index (χ3n) is 3.37. The van der Waals surface area contributed by atoms with E-state index in [2.05, 4.69) is 10.2 Å². The van der Waals surface area contributed by atoms with Gasteiger partial charge in [-0.05, 0) is 12.3 Å². The molecule has 0 unspecified atom stereocenters. The second-order valence-corrected chi connectivity index (χ2v) is 5.47. The lowest BCUT2D eigenvalue weighted by Gasteiger charge is -2.21. The molecule has 1 amide bonds. The van der Waals surface area contributed by atoms with E-state index in [1.807, 2.05) is 13.8 Å². The van der Waals surface area contributed by atoms with Crippen LogP contribution in [0.3, 0.4) is 0 Å². The van der Waals surface area contributed by atoms with Gasteiger partial charge >= 0.3 is 5.97 Å². The number of ether oxygens (including phenoxy) is 1. The van der Waals surface area contributed by atoms with Crippen LogP contribution in [0, 0.1) is 5.92 Å². The molecule has 0 aromatic rings. The van der Waals surface area contributed by atoms with Crippen LogP contribution in [-0.4, -0.2) is 33.8 Å². The molecule has 0 spiro atoms. The van der Waals surface area contributed by atoms with Crippen LogP contribution in [-0.2, 0) is 9.53 Å². The van der Waals surface area contributed by atoms with Gasteiger partial charge in [0, 0.05) is 12.4 Å². The average Bonchev–Trinajstić information content (AvgIpc) is 2.84. The summed E-state index contributed by atoms with van der Waals surface area (Å²) in [5.41, 5.74) is 5.53. The fraction of sp³-hybridized carbons (Fsp3) is 0.429. The number of H-pyrrole nitrogens is 1. The van der Waals surface area contributed by atoms with Gasteiger partial charge in [0.05, 0.1) is 12.7 Å². The summed E-state index contributed by atoms with van der Waals surface area (Å²) >= 11 is 0. The number of esters is 1. The first-order valence-corrected chi connectivity index (χ1v) is 6.82. The Kier molecular flexibility index (Phi) is 4.30. The maximum atomic E-state index is 11.9. The number of aromatic nitrogens is 3. The van der Waals surface area contributed by atoms with Crippen LogP contribution in [0.5, 0.6) is 0 Å². The van der Waals surface area contributed by atoms with Crippen molar-refractivity contribution in [3.63, 3.8) is 0 Å². The summed E-state index contributed by atoms with van der Waals surface area (Å²) < 4.78 is 6.19. The SMILES string of the molecule is COC(=O)c1cn([C@H](CC(C)C)C(N)=O)cc2c(=O)[nH]nc1-2. The second-order valence-electron chi connectivity index (χ2n) is 5.47. The number of hydrogen-bond acceptors (Lipinski definition) is 5. The molecule has 0 fully saturated rings. The van der Waals surface area contributed by atoms with Gasteiger partial charge in [-0.25, -0.2) is 9.89 Å². The van der Waals surface area contributed by atoms with Gasteiger partial charge in [-0.15, -0.1) is 0 Å². The highest BCUT2D eigenvalue weighted by Gasteiger charge is 2.26. The van der Waals surface area contributed by atoms with E-state index in [1.165, 1.54) is 24.1 Å². The number of fused-ring (bicyclic) bond motifs is 1. The number of carbonyl (C=O) groups excluding carboxylic acids is 2. The first kappa shape index (κ1) is 15.7. The fourth-order valence-electron chi connectivity index (χ4n) is 2.33. The Bertz CT molecular complexity index is 731. The smallest absolute Gasteiger partial charge is 0.341 e. The van der Waals surface area contributed by atoms with Crippen LogP contribution >= 0.6 is 0 Å². The zero-order chi connectivity index (χ0) is 16.4. The molecule has 2 rings (SSSR count). The summed E-state index contributed by atoms with van der Waals surface area (Å²) in [5.74, 6) is -0.971. The van der Waals surface area contributed by atoms with E-state index in [0.717, 1.165) is 0 Å². The van der Waals surface area contributed by atoms with Gasteiger partial charge < -0.3 is 15.0 Å². The first-order valence-electron chi connectivity index (χ1n) is 6.82. The Balaban J connectivity index is 2.65. The molecular formula is C14H18N4O4. The monoisotopic (exact) mass is 306 g/mol. The summed E-state index contributed by atoms with van der Waals surface area (Å²) in [6, 6.07) is -0.665. The van der Waals surface area contributed by atoms with E-state index in [0.29, 0.717) is 6.42 Å². The first-order chi connectivity index (χ1) is 10.3. The summed E-state index contributed by atoms with van der Waals surface area (Å²) in [6.07, 6.45) is 3.40. The quantitative estimate of drug-likeness (QED) is 0.781. The van der Waals surface area contributed by atoms with Crippen molar-refractivity contribution < 1.29 is 14.3 Å². The van der Waals surface area contributed by atoms with E-state index < -0.39 is 23.5 Å². The molecule has 0 aliphatic carbocycles. The third-order valence-corrected chi connectivity index (χ3v) is 3.37. The van der Waals surface area contributed by atoms with E-state index in [9.17, 15) is 14.4 Å². The highest BCUT2D eigenvalue weighted by Crippen LogP contribution is 2.25. The summed E-state index contributed by atoms with van der Waals surface area (Å²) in [7, 11) is 1.23. The van der Waals surface area contributed by atoms with E-state index >= 15 is 0 Å². The highest BCUT2D eigenvalue weighted by atomic mass is 16.5. The molecule has 0 bridgehead atoms. The zero-order valence-electron chi connectivity index (χ0n) is 12.6. The van der Waals surface area contributed by atoms with Crippen LogP contribution in [0.4, 0.5) is 0 Å². The molecule has 2 aliphatic heterocycles. The predicted molar refractivity (Wildman–Crippen MR) is 78.5 cm³/mol. The highest BCUT2D eigenvalue weighted by molar-refractivity contribution is 5.96. The van der Waals surface area contributed by atoms with Gasteiger partial charge in [0.25, 0.3) is 5.56 Å². The molecule has 2 aliphatic rings. The molecule has 0 aromatic heterocycles. The molecule has 0 saturated carbocycles. The lowest BCUT2D eigenvalue weighted by Crippen LogP contribution is -2.29.